The summed E-state index contributed by atoms with van der Waals surface area (Å²) in [6.45, 7) is 0.356. The highest BCUT2D eigenvalue weighted by Gasteiger charge is 2.33. The number of thiophene rings is 1. The van der Waals surface area contributed by atoms with Crippen molar-refractivity contribution in [3.63, 3.8) is 0 Å². The van der Waals surface area contributed by atoms with Gasteiger partial charge in [-0.1, -0.05) is 6.07 Å². The number of alkyl halides is 3. The monoisotopic (exact) mass is 315 g/mol. The predicted molar refractivity (Wildman–Crippen MR) is 74.3 cm³/mol. The number of nitrogens with two attached hydrogens (primary N) is 1. The molecule has 8 heteroatoms. The molecule has 0 radical (unpaired) electrons. The number of hydrogen-bond acceptors (Lipinski definition) is 4. The van der Waals surface area contributed by atoms with Crippen molar-refractivity contribution in [2.45, 2.75) is 12.6 Å². The molecule has 0 fully saturated rings. The number of nitrogens with one attached hydrogen (secondary N) is 1. The van der Waals surface area contributed by atoms with Crippen molar-refractivity contribution >= 4 is 23.1 Å². The fourth-order valence-corrected chi connectivity index (χ4v) is 2.42. The van der Waals surface area contributed by atoms with Crippen LogP contribution in [0, 0.1) is 0 Å². The first-order valence-corrected chi connectivity index (χ1v) is 6.90. The van der Waals surface area contributed by atoms with Crippen LogP contribution in [0.3, 0.4) is 0 Å². The van der Waals surface area contributed by atoms with Crippen molar-refractivity contribution in [2.75, 3.05) is 11.9 Å². The Hall–Kier alpha value is -2.09. The van der Waals surface area contributed by atoms with Gasteiger partial charge in [-0.15, -0.1) is 11.3 Å². The fourth-order valence-electron chi connectivity index (χ4n) is 1.71. The Kier molecular flexibility index (Phi) is 4.46. The lowest BCUT2D eigenvalue weighted by Crippen LogP contribution is -2.19. The molecule has 21 heavy (non-hydrogen) atoms. The molecule has 0 aromatic carbocycles. The second-order valence-electron chi connectivity index (χ2n) is 4.21. The number of hydrogen-bond donors (Lipinski definition) is 2. The van der Waals surface area contributed by atoms with Gasteiger partial charge in [0.05, 0.1) is 5.56 Å². The topological polar surface area (TPSA) is 68.0 Å². The van der Waals surface area contributed by atoms with Gasteiger partial charge in [-0.3, -0.25) is 4.79 Å². The third kappa shape index (κ3) is 3.94. The van der Waals surface area contributed by atoms with E-state index in [0.29, 0.717) is 13.0 Å². The molecule has 1 amide bonds. The van der Waals surface area contributed by atoms with Crippen LogP contribution in [0.25, 0.3) is 0 Å². The molecule has 0 saturated carbocycles. The molecule has 2 heterocycles. The molecule has 2 aromatic rings. The summed E-state index contributed by atoms with van der Waals surface area (Å²) in [6.07, 6.45) is -3.95. The number of anilines is 1. The molecule has 3 N–H and O–H groups in total. The van der Waals surface area contributed by atoms with Crippen LogP contribution in [0.4, 0.5) is 19.0 Å². The summed E-state index contributed by atoms with van der Waals surface area (Å²) in [7, 11) is 0. The van der Waals surface area contributed by atoms with Crippen LogP contribution < -0.4 is 11.1 Å². The van der Waals surface area contributed by atoms with Gasteiger partial charge in [-0.2, -0.15) is 13.2 Å². The molecule has 0 aliphatic carbocycles. The SMILES string of the molecule is NC(=O)c1ccc(C(F)(F)F)nc1NCCc1cccs1. The number of nitrogens with zero attached hydrogens (tertiary/aromatic N) is 1. The van der Waals surface area contributed by atoms with Gasteiger partial charge in [0, 0.05) is 11.4 Å². The predicted octanol–water partition coefficient (Wildman–Crippen LogP) is 2.92. The minimum atomic E-state index is -4.57. The second-order valence-corrected chi connectivity index (χ2v) is 5.24. The normalized spacial score (nSPS) is 11.4. The Bertz CT molecular complexity index is 626. The number of primary amides is 1. The fraction of sp³-hybridized carbons (Fsp3) is 0.231. The first-order chi connectivity index (χ1) is 9.88. The van der Waals surface area contributed by atoms with Gasteiger partial charge in [0.15, 0.2) is 0 Å². The summed E-state index contributed by atoms with van der Waals surface area (Å²) < 4.78 is 37.9. The summed E-state index contributed by atoms with van der Waals surface area (Å²) in [6, 6.07) is 5.58. The lowest BCUT2D eigenvalue weighted by Gasteiger charge is -2.12. The number of pyridine rings is 1. The van der Waals surface area contributed by atoms with Crippen molar-refractivity contribution in [3.8, 4) is 0 Å². The van der Waals surface area contributed by atoms with Gasteiger partial charge >= 0.3 is 6.18 Å². The summed E-state index contributed by atoms with van der Waals surface area (Å²) in [5.74, 6) is -0.969. The van der Waals surface area contributed by atoms with Crippen LogP contribution in [0.15, 0.2) is 29.6 Å². The van der Waals surface area contributed by atoms with Crippen molar-refractivity contribution in [1.82, 2.24) is 4.98 Å². The summed E-state index contributed by atoms with van der Waals surface area (Å²) in [5, 5.41) is 4.65. The van der Waals surface area contributed by atoms with Crippen LogP contribution >= 0.6 is 11.3 Å². The maximum atomic E-state index is 12.6. The van der Waals surface area contributed by atoms with E-state index in [1.54, 1.807) is 11.3 Å². The van der Waals surface area contributed by atoms with Crippen LogP contribution in [0.1, 0.15) is 20.9 Å². The number of halogens is 3. The van der Waals surface area contributed by atoms with Gasteiger partial charge in [-0.25, -0.2) is 4.98 Å². The summed E-state index contributed by atoms with van der Waals surface area (Å²) in [4.78, 5) is 15.8. The van der Waals surface area contributed by atoms with E-state index in [-0.39, 0.29) is 11.4 Å². The van der Waals surface area contributed by atoms with Gasteiger partial charge in [0.1, 0.15) is 11.5 Å². The Morgan fingerprint density at radius 2 is 2.10 bits per heavy atom. The zero-order valence-corrected chi connectivity index (χ0v) is 11.6. The van der Waals surface area contributed by atoms with Gasteiger partial charge < -0.3 is 11.1 Å². The third-order valence-corrected chi connectivity index (χ3v) is 3.63. The highest BCUT2D eigenvalue weighted by molar-refractivity contribution is 7.09. The zero-order chi connectivity index (χ0) is 15.5. The van der Waals surface area contributed by atoms with E-state index in [1.165, 1.54) is 0 Å². The quantitative estimate of drug-likeness (QED) is 0.891. The molecule has 0 spiro atoms. The van der Waals surface area contributed by atoms with Crippen molar-refractivity contribution < 1.29 is 18.0 Å². The van der Waals surface area contributed by atoms with Crippen molar-refractivity contribution in [3.05, 3.63) is 45.8 Å². The number of aromatic nitrogens is 1. The van der Waals surface area contributed by atoms with Gasteiger partial charge in [-0.05, 0) is 30.0 Å². The van der Waals surface area contributed by atoms with Crippen molar-refractivity contribution in [1.29, 1.82) is 0 Å². The Balaban J connectivity index is 2.16. The summed E-state index contributed by atoms with van der Waals surface area (Å²) in [5.41, 5.74) is 4.02. The Labute approximate surface area is 122 Å². The largest absolute Gasteiger partial charge is 0.433 e. The van der Waals surface area contributed by atoms with E-state index in [2.05, 4.69) is 10.3 Å². The average molecular weight is 315 g/mol. The summed E-state index contributed by atoms with van der Waals surface area (Å²) >= 11 is 1.54. The molecule has 2 rings (SSSR count). The number of carbonyl (C=O) groups excluding carboxylic acids is 1. The maximum Gasteiger partial charge on any atom is 0.433 e. The molecular formula is C13H12F3N3OS. The minimum absolute atomic E-state index is 0.0609. The van der Waals surface area contributed by atoms with Gasteiger partial charge in [0.25, 0.3) is 5.91 Å². The van der Waals surface area contributed by atoms with Crippen LogP contribution in [-0.4, -0.2) is 17.4 Å². The van der Waals surface area contributed by atoms with Crippen LogP contribution in [0.5, 0.6) is 0 Å². The molecule has 0 aliphatic rings. The zero-order valence-electron chi connectivity index (χ0n) is 10.8. The first-order valence-electron chi connectivity index (χ1n) is 6.02. The highest BCUT2D eigenvalue weighted by Crippen LogP contribution is 2.29. The molecular weight excluding hydrogens is 303 g/mol. The number of rotatable bonds is 5. The molecule has 0 unspecified atom stereocenters. The third-order valence-electron chi connectivity index (χ3n) is 2.70. The minimum Gasteiger partial charge on any atom is -0.369 e. The molecule has 0 saturated heterocycles. The molecule has 0 bridgehead atoms. The molecule has 4 nitrogen and oxygen atoms in total. The van der Waals surface area contributed by atoms with Crippen LogP contribution in [0.2, 0.25) is 0 Å². The standard InChI is InChI=1S/C13H12F3N3OS/c14-13(15,16)10-4-3-9(11(17)20)12(19-10)18-6-5-8-2-1-7-21-8/h1-4,7H,5-6H2,(H2,17,20)(H,18,19). The van der Waals surface area contributed by atoms with E-state index in [1.807, 2.05) is 17.5 Å². The van der Waals surface area contributed by atoms with Crippen LogP contribution in [-0.2, 0) is 12.6 Å². The average Bonchev–Trinajstić information content (AvgIpc) is 2.90. The maximum absolute atomic E-state index is 12.6. The first kappa shape index (κ1) is 15.3. The molecule has 2 aromatic heterocycles. The smallest absolute Gasteiger partial charge is 0.369 e. The number of carbonyl (C=O) groups is 1. The van der Waals surface area contributed by atoms with Gasteiger partial charge in [0.2, 0.25) is 0 Å². The van der Waals surface area contributed by atoms with E-state index < -0.39 is 17.8 Å². The van der Waals surface area contributed by atoms with E-state index in [0.717, 1.165) is 17.0 Å². The second kappa shape index (κ2) is 6.13. The van der Waals surface area contributed by atoms with E-state index in [4.69, 9.17) is 5.73 Å². The molecule has 112 valence electrons. The Morgan fingerprint density at radius 1 is 1.33 bits per heavy atom. The number of amides is 1. The highest BCUT2D eigenvalue weighted by atomic mass is 32.1. The molecule has 0 aliphatic heterocycles. The lowest BCUT2D eigenvalue weighted by molar-refractivity contribution is -0.141. The lowest BCUT2D eigenvalue weighted by atomic mass is 10.2. The van der Waals surface area contributed by atoms with E-state index >= 15 is 0 Å². The van der Waals surface area contributed by atoms with E-state index in [9.17, 15) is 18.0 Å². The van der Waals surface area contributed by atoms with Crippen molar-refractivity contribution in [2.24, 2.45) is 5.73 Å². The molecule has 0 atom stereocenters. The Morgan fingerprint density at radius 3 is 2.67 bits per heavy atom.